The standard InChI is InChI=1S/C24H25N5O3/c1-17(8-9-18-6-4-3-5-7-18)26-23(30)15-28-24(31)22-14-21(27-29(22)16-25-28)19-10-12-20(32-2)13-11-19/h3-7,10-14,16-17H,8-9,15H2,1-2H3,(H,26,30). The molecule has 1 N–H and O–H groups in total. The van der Waals surface area contributed by atoms with Crippen LogP contribution in [0.1, 0.15) is 18.9 Å². The van der Waals surface area contributed by atoms with Crippen LogP contribution in [0.5, 0.6) is 5.75 Å². The van der Waals surface area contributed by atoms with Gasteiger partial charge in [-0.15, -0.1) is 0 Å². The van der Waals surface area contributed by atoms with Crippen LogP contribution in [-0.2, 0) is 17.8 Å². The van der Waals surface area contributed by atoms with Gasteiger partial charge in [-0.3, -0.25) is 9.59 Å². The van der Waals surface area contributed by atoms with Crippen molar-refractivity contribution in [1.82, 2.24) is 24.7 Å². The lowest BCUT2D eigenvalue weighted by Gasteiger charge is -2.14. The van der Waals surface area contributed by atoms with Crippen LogP contribution >= 0.6 is 0 Å². The average Bonchev–Trinajstić information content (AvgIpc) is 3.25. The Labute approximate surface area is 185 Å². The van der Waals surface area contributed by atoms with Gasteiger partial charge >= 0.3 is 0 Å². The number of aromatic nitrogens is 4. The Morgan fingerprint density at radius 1 is 1.12 bits per heavy atom. The zero-order valence-electron chi connectivity index (χ0n) is 18.1. The van der Waals surface area contributed by atoms with Gasteiger partial charge in [0.05, 0.1) is 12.8 Å². The molecule has 8 heteroatoms. The molecule has 0 aliphatic carbocycles. The molecule has 1 amide bonds. The molecule has 0 saturated carbocycles. The van der Waals surface area contributed by atoms with Crippen LogP contribution in [0.2, 0.25) is 0 Å². The average molecular weight is 431 g/mol. The van der Waals surface area contributed by atoms with Crippen LogP contribution in [0.25, 0.3) is 16.8 Å². The fourth-order valence-corrected chi connectivity index (χ4v) is 3.51. The largest absolute Gasteiger partial charge is 0.497 e. The van der Waals surface area contributed by atoms with Crippen molar-refractivity contribution in [2.45, 2.75) is 32.4 Å². The summed E-state index contributed by atoms with van der Waals surface area (Å²) in [6, 6.07) is 19.2. The van der Waals surface area contributed by atoms with Gasteiger partial charge in [0.25, 0.3) is 5.56 Å². The summed E-state index contributed by atoms with van der Waals surface area (Å²) in [5.41, 5.74) is 2.71. The second kappa shape index (κ2) is 9.47. The molecule has 4 rings (SSSR count). The van der Waals surface area contributed by atoms with Crippen molar-refractivity contribution in [2.24, 2.45) is 0 Å². The number of fused-ring (bicyclic) bond motifs is 1. The Hall–Kier alpha value is -3.94. The molecule has 0 aliphatic rings. The SMILES string of the molecule is COc1ccc(-c2cc3c(=O)n(CC(=O)NC(C)CCc4ccccc4)ncn3n2)cc1. The van der Waals surface area contributed by atoms with Crippen molar-refractivity contribution in [3.05, 3.63) is 82.9 Å². The number of carbonyl (C=O) groups is 1. The first-order valence-electron chi connectivity index (χ1n) is 10.5. The molecular formula is C24H25N5O3. The number of nitrogens with one attached hydrogen (secondary N) is 1. The molecule has 2 aromatic carbocycles. The molecule has 1 unspecified atom stereocenters. The van der Waals surface area contributed by atoms with Crippen LogP contribution in [0, 0.1) is 0 Å². The Bertz CT molecular complexity index is 1260. The number of ether oxygens (including phenoxy) is 1. The first kappa shape index (κ1) is 21.3. The third-order valence-electron chi connectivity index (χ3n) is 5.29. The molecule has 0 aliphatic heterocycles. The summed E-state index contributed by atoms with van der Waals surface area (Å²) in [6.07, 6.45) is 3.12. The number of nitrogens with zero attached hydrogens (tertiary/aromatic N) is 4. The molecule has 0 radical (unpaired) electrons. The van der Waals surface area contributed by atoms with Gasteiger partial charge in [0, 0.05) is 11.6 Å². The summed E-state index contributed by atoms with van der Waals surface area (Å²) in [4.78, 5) is 25.3. The molecule has 2 aromatic heterocycles. The smallest absolute Gasteiger partial charge is 0.293 e. The minimum Gasteiger partial charge on any atom is -0.497 e. The Morgan fingerprint density at radius 3 is 2.59 bits per heavy atom. The van der Waals surface area contributed by atoms with E-state index in [0.717, 1.165) is 28.8 Å². The Morgan fingerprint density at radius 2 is 1.88 bits per heavy atom. The van der Waals surface area contributed by atoms with Crippen molar-refractivity contribution in [3.63, 3.8) is 0 Å². The number of carbonyl (C=O) groups excluding carboxylic acids is 1. The van der Waals surface area contributed by atoms with E-state index in [1.807, 2.05) is 49.4 Å². The van der Waals surface area contributed by atoms with E-state index in [1.165, 1.54) is 16.4 Å². The van der Waals surface area contributed by atoms with Crippen LogP contribution in [-0.4, -0.2) is 38.5 Å². The molecule has 1 atom stereocenters. The predicted octanol–water partition coefficient (Wildman–Crippen LogP) is 2.70. The normalized spacial score (nSPS) is 11.9. The molecule has 0 bridgehead atoms. The number of amides is 1. The Balaban J connectivity index is 1.43. The zero-order chi connectivity index (χ0) is 22.5. The van der Waals surface area contributed by atoms with Gasteiger partial charge in [0.1, 0.15) is 24.1 Å². The van der Waals surface area contributed by atoms with Crippen LogP contribution in [0.4, 0.5) is 0 Å². The minimum atomic E-state index is -0.369. The molecule has 32 heavy (non-hydrogen) atoms. The van der Waals surface area contributed by atoms with Gasteiger partial charge in [0.2, 0.25) is 5.91 Å². The van der Waals surface area contributed by atoms with E-state index in [2.05, 4.69) is 27.6 Å². The highest BCUT2D eigenvalue weighted by atomic mass is 16.5. The first-order chi connectivity index (χ1) is 15.5. The molecule has 2 heterocycles. The van der Waals surface area contributed by atoms with E-state index in [9.17, 15) is 9.59 Å². The lowest BCUT2D eigenvalue weighted by molar-refractivity contribution is -0.122. The summed E-state index contributed by atoms with van der Waals surface area (Å²) in [6.45, 7) is 1.81. The van der Waals surface area contributed by atoms with E-state index >= 15 is 0 Å². The highest BCUT2D eigenvalue weighted by Crippen LogP contribution is 2.21. The Kier molecular flexibility index (Phi) is 6.30. The number of benzene rings is 2. The maximum Gasteiger partial charge on any atom is 0.293 e. The van der Waals surface area contributed by atoms with E-state index < -0.39 is 0 Å². The van der Waals surface area contributed by atoms with Crippen molar-refractivity contribution >= 4 is 11.4 Å². The molecule has 164 valence electrons. The highest BCUT2D eigenvalue weighted by molar-refractivity contribution is 5.76. The number of aryl methyl sites for hydroxylation is 1. The summed E-state index contributed by atoms with van der Waals surface area (Å²) >= 11 is 0. The third kappa shape index (κ3) is 4.85. The maximum absolute atomic E-state index is 12.8. The quantitative estimate of drug-likeness (QED) is 0.463. The maximum atomic E-state index is 12.8. The lowest BCUT2D eigenvalue weighted by Crippen LogP contribution is -2.38. The number of rotatable bonds is 8. The van der Waals surface area contributed by atoms with Crippen molar-refractivity contribution in [2.75, 3.05) is 7.11 Å². The zero-order valence-corrected chi connectivity index (χ0v) is 18.1. The fourth-order valence-electron chi connectivity index (χ4n) is 3.51. The van der Waals surface area contributed by atoms with Crippen molar-refractivity contribution in [3.8, 4) is 17.0 Å². The van der Waals surface area contributed by atoms with E-state index in [0.29, 0.717) is 11.2 Å². The van der Waals surface area contributed by atoms with E-state index in [-0.39, 0.29) is 24.1 Å². The van der Waals surface area contributed by atoms with Gasteiger partial charge in [-0.1, -0.05) is 30.3 Å². The van der Waals surface area contributed by atoms with Crippen molar-refractivity contribution < 1.29 is 9.53 Å². The van der Waals surface area contributed by atoms with Crippen LogP contribution < -0.4 is 15.6 Å². The van der Waals surface area contributed by atoms with Crippen LogP contribution in [0.15, 0.2) is 71.8 Å². The fraction of sp³-hybridized carbons (Fsp3) is 0.250. The monoisotopic (exact) mass is 431 g/mol. The highest BCUT2D eigenvalue weighted by Gasteiger charge is 2.14. The van der Waals surface area contributed by atoms with Gasteiger partial charge in [-0.05, 0) is 55.7 Å². The lowest BCUT2D eigenvalue weighted by atomic mass is 10.1. The van der Waals surface area contributed by atoms with Crippen LogP contribution in [0.3, 0.4) is 0 Å². The van der Waals surface area contributed by atoms with Crippen molar-refractivity contribution in [1.29, 1.82) is 0 Å². The molecule has 4 aromatic rings. The first-order valence-corrected chi connectivity index (χ1v) is 10.5. The minimum absolute atomic E-state index is 0.0150. The summed E-state index contributed by atoms with van der Waals surface area (Å²) in [5, 5.41) is 11.5. The van der Waals surface area contributed by atoms with Gasteiger partial charge in [0.15, 0.2) is 0 Å². The molecule has 0 spiro atoms. The second-order valence-electron chi connectivity index (χ2n) is 7.67. The molecule has 0 fully saturated rings. The number of hydrogen-bond acceptors (Lipinski definition) is 5. The van der Waals surface area contributed by atoms with Gasteiger partial charge in [-0.25, -0.2) is 9.20 Å². The number of hydrogen-bond donors (Lipinski definition) is 1. The third-order valence-corrected chi connectivity index (χ3v) is 5.29. The van der Waals surface area contributed by atoms with Gasteiger partial charge in [-0.2, -0.15) is 10.2 Å². The predicted molar refractivity (Wildman–Crippen MR) is 122 cm³/mol. The number of methoxy groups -OCH3 is 1. The molecule has 8 nitrogen and oxygen atoms in total. The molecular weight excluding hydrogens is 406 g/mol. The summed E-state index contributed by atoms with van der Waals surface area (Å²) in [5.74, 6) is 0.491. The summed E-state index contributed by atoms with van der Waals surface area (Å²) < 4.78 is 7.76. The second-order valence-corrected chi connectivity index (χ2v) is 7.67. The van der Waals surface area contributed by atoms with E-state index in [4.69, 9.17) is 4.74 Å². The van der Waals surface area contributed by atoms with E-state index in [1.54, 1.807) is 13.2 Å². The molecule has 0 saturated heterocycles. The van der Waals surface area contributed by atoms with Gasteiger partial charge < -0.3 is 10.1 Å². The topological polar surface area (TPSA) is 90.5 Å². The summed E-state index contributed by atoms with van der Waals surface area (Å²) in [7, 11) is 1.61.